The van der Waals surface area contributed by atoms with Crippen LogP contribution in [0.4, 0.5) is 0 Å². The van der Waals surface area contributed by atoms with Crippen LogP contribution >= 0.6 is 0 Å². The van der Waals surface area contributed by atoms with Crippen LogP contribution in [-0.2, 0) is 0 Å². The molecule has 1 N–H and O–H groups in total. The fourth-order valence-corrected chi connectivity index (χ4v) is 10.2. The number of aliphatic hydroxyl groups is 2. The first-order chi connectivity index (χ1) is 14.9. The van der Waals surface area contributed by atoms with Crippen molar-refractivity contribution in [3.63, 3.8) is 0 Å². The molecule has 0 aliphatic carbocycles. The van der Waals surface area contributed by atoms with Gasteiger partial charge in [0.2, 0.25) is 0 Å². The molecule has 1 aliphatic heterocycles. The number of hydrogen-bond donors (Lipinski definition) is 0. The molecule has 4 aromatic carbocycles. The second-order valence-electron chi connectivity index (χ2n) is 7.89. The Hall–Kier alpha value is -2.63. The molecule has 0 bridgehead atoms. The predicted octanol–water partition coefficient (Wildman–Crippen LogP) is 3.37. The van der Waals surface area contributed by atoms with Crippen LogP contribution in [-0.4, -0.2) is 31.0 Å². The van der Waals surface area contributed by atoms with E-state index in [2.05, 4.69) is 126 Å². The van der Waals surface area contributed by atoms with Gasteiger partial charge >= 0.3 is 0 Å². The quantitative estimate of drug-likeness (QED) is 0.363. The normalized spacial score (nSPS) is 13.3. The van der Waals surface area contributed by atoms with Crippen molar-refractivity contribution < 1.29 is 4.74 Å². The topological polar surface area (TPSA) is 12.8 Å². The van der Waals surface area contributed by atoms with Crippen molar-refractivity contribution in [1.29, 1.82) is 0 Å². The molecule has 0 unspecified atom stereocenters. The fraction of sp³-hybridized carbons (Fsp3) is 0.143. The van der Waals surface area contributed by atoms with Crippen LogP contribution < -0.4 is 17.7 Å². The van der Waals surface area contributed by atoms with Gasteiger partial charge in [-0.05, 0) is 0 Å². The molecule has 0 spiro atoms. The molecule has 1 aliphatic rings. The molecule has 1 fully saturated rings. The van der Waals surface area contributed by atoms with E-state index in [4.69, 9.17) is 0 Å². The summed E-state index contributed by atoms with van der Waals surface area (Å²) in [5.74, 6) is 0. The molecular formula is C28H29AlO. The molecule has 150 valence electrons. The highest BCUT2D eigenvalue weighted by Crippen LogP contribution is 2.09. The van der Waals surface area contributed by atoms with Crippen LogP contribution in [0.5, 0.6) is 0 Å². The van der Waals surface area contributed by atoms with E-state index < -0.39 is 13.1 Å². The van der Waals surface area contributed by atoms with Gasteiger partial charge in [-0.15, -0.1) is 48.5 Å². The van der Waals surface area contributed by atoms with E-state index in [0.717, 1.165) is 13.2 Å². The Kier molecular flexibility index (Phi) is 7.17. The van der Waals surface area contributed by atoms with Crippen molar-refractivity contribution in [3.8, 4) is 0 Å². The SMILES string of the molecule is C1CC[OH+]C1.c1cc[c]([Al-]([c]2ccccc2)([c]2ccccc2)[c]2ccccc2)cc1. The minimum Gasteiger partial charge on any atom is -0.434 e. The highest BCUT2D eigenvalue weighted by molar-refractivity contribution is 7.19. The lowest BCUT2D eigenvalue weighted by Crippen LogP contribution is -2.74. The first-order valence-electron chi connectivity index (χ1n) is 10.9. The van der Waals surface area contributed by atoms with Crippen molar-refractivity contribution >= 4 is 30.8 Å². The molecule has 0 saturated carbocycles. The molecule has 0 aromatic heterocycles. The van der Waals surface area contributed by atoms with Gasteiger partial charge in [0.1, 0.15) is 13.2 Å². The predicted molar refractivity (Wildman–Crippen MR) is 131 cm³/mol. The highest BCUT2D eigenvalue weighted by Gasteiger charge is 2.35. The zero-order valence-corrected chi connectivity index (χ0v) is 18.6. The zero-order chi connectivity index (χ0) is 20.5. The fourth-order valence-electron chi connectivity index (χ4n) is 4.68. The minimum atomic E-state index is -2.69. The Morgan fingerprint density at radius 3 is 0.867 bits per heavy atom. The summed E-state index contributed by atoms with van der Waals surface area (Å²) in [6, 6.07) is 44.2. The third-order valence-electron chi connectivity index (χ3n) is 6.08. The molecule has 2 heteroatoms. The van der Waals surface area contributed by atoms with E-state index in [1.54, 1.807) is 0 Å². The number of rotatable bonds is 4. The summed E-state index contributed by atoms with van der Waals surface area (Å²) >= 11 is -2.69. The summed E-state index contributed by atoms with van der Waals surface area (Å²) < 4.78 is 9.86. The Balaban J connectivity index is 0.000000383. The third kappa shape index (κ3) is 4.42. The van der Waals surface area contributed by atoms with Gasteiger partial charge in [0.05, 0.1) is 0 Å². The highest BCUT2D eigenvalue weighted by atomic mass is 27.2. The van der Waals surface area contributed by atoms with E-state index in [1.807, 2.05) is 0 Å². The number of ether oxygens (including phenoxy) is 1. The molecule has 1 heterocycles. The number of hydrogen-bond acceptors (Lipinski definition) is 0. The lowest BCUT2D eigenvalue weighted by atomic mass is 10.3. The lowest BCUT2D eigenvalue weighted by molar-refractivity contribution is 0.0102. The van der Waals surface area contributed by atoms with Crippen LogP contribution in [0.25, 0.3) is 0 Å². The van der Waals surface area contributed by atoms with Gasteiger partial charge in [-0.2, -0.15) is 0 Å². The molecule has 5 rings (SSSR count). The minimum absolute atomic E-state index is 1.12. The molecule has 0 amide bonds. The largest absolute Gasteiger partial charge is 0.434 e. The van der Waals surface area contributed by atoms with E-state index in [-0.39, 0.29) is 0 Å². The molecular weight excluding hydrogens is 379 g/mol. The molecule has 4 aromatic rings. The van der Waals surface area contributed by atoms with Gasteiger partial charge < -0.3 is 4.74 Å². The molecule has 1 saturated heterocycles. The summed E-state index contributed by atoms with van der Waals surface area (Å²) in [4.78, 5) is 0. The molecule has 0 atom stereocenters. The van der Waals surface area contributed by atoms with Crippen molar-refractivity contribution in [2.45, 2.75) is 12.8 Å². The molecule has 1 nitrogen and oxygen atoms in total. The van der Waals surface area contributed by atoms with Crippen molar-refractivity contribution in [3.05, 3.63) is 121 Å². The van der Waals surface area contributed by atoms with E-state index >= 15 is 0 Å². The summed E-state index contributed by atoms with van der Waals surface area (Å²) in [6.45, 7) is 2.25. The zero-order valence-electron chi connectivity index (χ0n) is 17.4. The van der Waals surface area contributed by atoms with Crippen molar-refractivity contribution in [1.82, 2.24) is 0 Å². The van der Waals surface area contributed by atoms with Crippen LogP contribution in [0, 0.1) is 0 Å². The monoisotopic (exact) mass is 408 g/mol. The van der Waals surface area contributed by atoms with Gasteiger partial charge in [0.25, 0.3) is 13.1 Å². The van der Waals surface area contributed by atoms with Crippen LogP contribution in [0.15, 0.2) is 121 Å². The maximum absolute atomic E-state index is 4.08. The third-order valence-corrected chi connectivity index (χ3v) is 11.6. The Bertz CT molecular complexity index is 826. The first kappa shape index (κ1) is 20.6. The molecule has 0 radical (unpaired) electrons. The van der Waals surface area contributed by atoms with Gasteiger partial charge in [0, 0.05) is 12.8 Å². The maximum Gasteiger partial charge on any atom is 0.266 e. The van der Waals surface area contributed by atoms with Crippen LogP contribution in [0.3, 0.4) is 0 Å². The van der Waals surface area contributed by atoms with E-state index in [9.17, 15) is 0 Å². The van der Waals surface area contributed by atoms with E-state index in [1.165, 1.54) is 30.5 Å². The maximum atomic E-state index is 4.08. The van der Waals surface area contributed by atoms with Crippen LogP contribution in [0.1, 0.15) is 12.8 Å². The Morgan fingerprint density at radius 2 is 0.667 bits per heavy atom. The Morgan fingerprint density at radius 1 is 0.400 bits per heavy atom. The Labute approximate surface area is 182 Å². The van der Waals surface area contributed by atoms with Gasteiger partial charge in [-0.3, -0.25) is 0 Å². The average molecular weight is 409 g/mol. The lowest BCUT2D eigenvalue weighted by Gasteiger charge is -2.40. The standard InChI is InChI=1S/4C6H5.C4H8O.Al/c4*1-2-4-6-5-3-1;1-2-4-5-3-1;/h4*1-5H;1-4H2;/q;;;;;-1/p+1. The van der Waals surface area contributed by atoms with Gasteiger partial charge in [-0.25, -0.2) is 17.7 Å². The van der Waals surface area contributed by atoms with Crippen molar-refractivity contribution in [2.24, 2.45) is 0 Å². The second-order valence-corrected chi connectivity index (χ2v) is 12.3. The summed E-state index contributed by atoms with van der Waals surface area (Å²) in [5, 5.41) is 0. The van der Waals surface area contributed by atoms with Crippen LogP contribution in [0.2, 0.25) is 0 Å². The second kappa shape index (κ2) is 10.4. The summed E-state index contributed by atoms with van der Waals surface area (Å²) in [6.07, 6.45) is 2.67. The van der Waals surface area contributed by atoms with Gasteiger partial charge in [0.15, 0.2) is 0 Å². The average Bonchev–Trinajstić information content (AvgIpc) is 3.43. The van der Waals surface area contributed by atoms with Gasteiger partial charge in [-0.1, -0.05) is 72.8 Å². The summed E-state index contributed by atoms with van der Waals surface area (Å²) in [5.41, 5.74) is 0. The number of benzene rings is 4. The summed E-state index contributed by atoms with van der Waals surface area (Å²) in [7, 11) is 0. The first-order valence-corrected chi connectivity index (χ1v) is 13.2. The smallest absolute Gasteiger partial charge is 0.266 e. The molecule has 30 heavy (non-hydrogen) atoms. The van der Waals surface area contributed by atoms with Crippen molar-refractivity contribution in [2.75, 3.05) is 13.2 Å². The van der Waals surface area contributed by atoms with E-state index in [0.29, 0.717) is 0 Å².